The van der Waals surface area contributed by atoms with Crippen LogP contribution in [0.5, 0.6) is 5.75 Å². The predicted molar refractivity (Wildman–Crippen MR) is 66.1 cm³/mol. The first-order chi connectivity index (χ1) is 8.61. The average Bonchev–Trinajstić information content (AvgIpc) is 2.38. The van der Waals surface area contributed by atoms with Gasteiger partial charge in [0.25, 0.3) is 5.91 Å². The standard InChI is InChI=1S/C13H16N2O3/c1-8(13(17)15-14)18-10-5-6-11-9(7-10)3-2-4-12(11)16/h5-8H,2-4,14H2,1H3,(H,15,17). The van der Waals surface area contributed by atoms with Gasteiger partial charge in [0.05, 0.1) is 0 Å². The summed E-state index contributed by atoms with van der Waals surface area (Å²) in [6, 6.07) is 5.30. The summed E-state index contributed by atoms with van der Waals surface area (Å²) < 4.78 is 5.46. The Hall–Kier alpha value is -1.88. The highest BCUT2D eigenvalue weighted by Crippen LogP contribution is 2.25. The number of rotatable bonds is 3. The molecule has 1 aromatic rings. The highest BCUT2D eigenvalue weighted by Gasteiger charge is 2.19. The SMILES string of the molecule is CC(Oc1ccc2c(c1)CCCC2=O)C(=O)NN. The Bertz CT molecular complexity index is 485. The highest BCUT2D eigenvalue weighted by molar-refractivity contribution is 5.98. The third kappa shape index (κ3) is 2.51. The van der Waals surface area contributed by atoms with E-state index < -0.39 is 6.10 Å². The lowest BCUT2D eigenvalue weighted by Crippen LogP contribution is -2.40. The van der Waals surface area contributed by atoms with Gasteiger partial charge in [0.1, 0.15) is 5.75 Å². The molecule has 0 radical (unpaired) electrons. The van der Waals surface area contributed by atoms with Gasteiger partial charge < -0.3 is 4.74 Å². The molecule has 1 amide bonds. The van der Waals surface area contributed by atoms with E-state index in [0.29, 0.717) is 12.2 Å². The van der Waals surface area contributed by atoms with E-state index >= 15 is 0 Å². The fourth-order valence-electron chi connectivity index (χ4n) is 2.07. The lowest BCUT2D eigenvalue weighted by Gasteiger charge is -2.17. The first-order valence-electron chi connectivity index (χ1n) is 5.95. The van der Waals surface area contributed by atoms with Crippen molar-refractivity contribution in [3.63, 3.8) is 0 Å². The second-order valence-electron chi connectivity index (χ2n) is 4.36. The molecular formula is C13H16N2O3. The van der Waals surface area contributed by atoms with E-state index in [1.54, 1.807) is 19.1 Å². The number of amides is 1. The molecule has 3 N–H and O–H groups in total. The van der Waals surface area contributed by atoms with Gasteiger partial charge in [-0.25, -0.2) is 5.84 Å². The number of Topliss-reactive ketones (excluding diaryl/α,β-unsaturated/α-hetero) is 1. The van der Waals surface area contributed by atoms with E-state index in [0.717, 1.165) is 24.0 Å². The van der Waals surface area contributed by atoms with Crippen molar-refractivity contribution in [2.75, 3.05) is 0 Å². The van der Waals surface area contributed by atoms with Crippen LogP contribution in [0.15, 0.2) is 18.2 Å². The normalized spacial score (nSPS) is 15.8. The summed E-state index contributed by atoms with van der Waals surface area (Å²) in [6.07, 6.45) is 1.69. The molecule has 0 aromatic heterocycles. The summed E-state index contributed by atoms with van der Waals surface area (Å²) in [5, 5.41) is 0. The monoisotopic (exact) mass is 248 g/mol. The summed E-state index contributed by atoms with van der Waals surface area (Å²) >= 11 is 0. The maximum Gasteiger partial charge on any atom is 0.274 e. The Kier molecular flexibility index (Phi) is 3.62. The molecule has 0 heterocycles. The van der Waals surface area contributed by atoms with Crippen molar-refractivity contribution in [1.29, 1.82) is 0 Å². The second kappa shape index (κ2) is 5.18. The van der Waals surface area contributed by atoms with Gasteiger partial charge >= 0.3 is 0 Å². The molecule has 1 aliphatic rings. The van der Waals surface area contributed by atoms with E-state index in [2.05, 4.69) is 0 Å². The zero-order valence-corrected chi connectivity index (χ0v) is 10.2. The van der Waals surface area contributed by atoms with Crippen molar-refractivity contribution in [2.45, 2.75) is 32.3 Å². The van der Waals surface area contributed by atoms with Crippen LogP contribution >= 0.6 is 0 Å². The van der Waals surface area contributed by atoms with Crippen LogP contribution in [-0.2, 0) is 11.2 Å². The molecule has 0 fully saturated rings. The molecule has 18 heavy (non-hydrogen) atoms. The number of ether oxygens (including phenoxy) is 1. The fourth-order valence-corrected chi connectivity index (χ4v) is 2.07. The van der Waals surface area contributed by atoms with Crippen molar-refractivity contribution in [3.8, 4) is 5.75 Å². The van der Waals surface area contributed by atoms with Crippen LogP contribution < -0.4 is 16.0 Å². The molecule has 1 aromatic carbocycles. The number of carbonyl (C=O) groups excluding carboxylic acids is 2. The van der Waals surface area contributed by atoms with E-state index in [9.17, 15) is 9.59 Å². The summed E-state index contributed by atoms with van der Waals surface area (Å²) in [5.74, 6) is 5.41. The summed E-state index contributed by atoms with van der Waals surface area (Å²) in [7, 11) is 0. The Morgan fingerprint density at radius 1 is 1.44 bits per heavy atom. The molecule has 1 atom stereocenters. The van der Waals surface area contributed by atoms with Gasteiger partial charge in [-0.2, -0.15) is 0 Å². The predicted octanol–water partition coefficient (Wildman–Crippen LogP) is 0.963. The van der Waals surface area contributed by atoms with Gasteiger partial charge in [0, 0.05) is 12.0 Å². The Balaban J connectivity index is 2.16. The number of ketones is 1. The number of nitrogens with two attached hydrogens (primary N) is 1. The fraction of sp³-hybridized carbons (Fsp3) is 0.385. The largest absolute Gasteiger partial charge is 0.481 e. The van der Waals surface area contributed by atoms with Gasteiger partial charge in [0.2, 0.25) is 0 Å². The highest BCUT2D eigenvalue weighted by atomic mass is 16.5. The number of fused-ring (bicyclic) bond motifs is 1. The van der Waals surface area contributed by atoms with Gasteiger partial charge in [-0.15, -0.1) is 0 Å². The number of aryl methyl sites for hydroxylation is 1. The van der Waals surface area contributed by atoms with Crippen molar-refractivity contribution < 1.29 is 14.3 Å². The minimum absolute atomic E-state index is 0.176. The van der Waals surface area contributed by atoms with Gasteiger partial charge in [-0.3, -0.25) is 15.0 Å². The van der Waals surface area contributed by atoms with E-state index in [1.165, 1.54) is 0 Å². The van der Waals surface area contributed by atoms with E-state index in [1.807, 2.05) is 11.5 Å². The molecule has 5 nitrogen and oxygen atoms in total. The zero-order chi connectivity index (χ0) is 13.1. The Labute approximate surface area is 105 Å². The first-order valence-corrected chi connectivity index (χ1v) is 5.95. The molecule has 1 unspecified atom stereocenters. The smallest absolute Gasteiger partial charge is 0.274 e. The minimum atomic E-state index is -0.660. The molecule has 0 aliphatic heterocycles. The third-order valence-corrected chi connectivity index (χ3v) is 3.05. The molecule has 0 saturated carbocycles. The molecule has 0 spiro atoms. The topological polar surface area (TPSA) is 81.4 Å². The minimum Gasteiger partial charge on any atom is -0.481 e. The molecule has 0 bridgehead atoms. The average molecular weight is 248 g/mol. The molecule has 0 saturated heterocycles. The lowest BCUT2D eigenvalue weighted by molar-refractivity contribution is -0.127. The molecular weight excluding hydrogens is 232 g/mol. The van der Waals surface area contributed by atoms with Crippen molar-refractivity contribution in [2.24, 2.45) is 5.84 Å². The van der Waals surface area contributed by atoms with Crippen LogP contribution in [0, 0.1) is 0 Å². The van der Waals surface area contributed by atoms with Gasteiger partial charge in [-0.1, -0.05) is 0 Å². The maximum absolute atomic E-state index is 11.7. The van der Waals surface area contributed by atoms with E-state index in [4.69, 9.17) is 10.6 Å². The second-order valence-corrected chi connectivity index (χ2v) is 4.36. The molecule has 96 valence electrons. The van der Waals surface area contributed by atoms with Crippen LogP contribution in [0.3, 0.4) is 0 Å². The first kappa shape index (κ1) is 12.6. The van der Waals surface area contributed by atoms with Crippen LogP contribution in [0.2, 0.25) is 0 Å². The van der Waals surface area contributed by atoms with Crippen molar-refractivity contribution >= 4 is 11.7 Å². The Morgan fingerprint density at radius 2 is 2.22 bits per heavy atom. The lowest BCUT2D eigenvalue weighted by atomic mass is 9.90. The number of nitrogens with one attached hydrogen (secondary N) is 1. The molecule has 5 heteroatoms. The van der Waals surface area contributed by atoms with Crippen LogP contribution in [-0.4, -0.2) is 17.8 Å². The van der Waals surface area contributed by atoms with Crippen LogP contribution in [0.4, 0.5) is 0 Å². The third-order valence-electron chi connectivity index (χ3n) is 3.05. The quantitative estimate of drug-likeness (QED) is 0.474. The van der Waals surface area contributed by atoms with Gasteiger partial charge in [-0.05, 0) is 43.5 Å². The molecule has 2 rings (SSSR count). The number of benzene rings is 1. The summed E-state index contributed by atoms with van der Waals surface area (Å²) in [4.78, 5) is 22.9. The van der Waals surface area contributed by atoms with Crippen molar-refractivity contribution in [3.05, 3.63) is 29.3 Å². The summed E-state index contributed by atoms with van der Waals surface area (Å²) in [6.45, 7) is 1.62. The Morgan fingerprint density at radius 3 is 2.94 bits per heavy atom. The van der Waals surface area contributed by atoms with Crippen LogP contribution in [0.1, 0.15) is 35.7 Å². The van der Waals surface area contributed by atoms with Crippen molar-refractivity contribution in [1.82, 2.24) is 5.43 Å². The number of hydrogen-bond donors (Lipinski definition) is 2. The van der Waals surface area contributed by atoms with E-state index in [-0.39, 0.29) is 11.7 Å². The molecule has 1 aliphatic carbocycles. The summed E-state index contributed by atoms with van der Waals surface area (Å²) in [5.41, 5.74) is 3.79. The van der Waals surface area contributed by atoms with Crippen LogP contribution in [0.25, 0.3) is 0 Å². The number of hydrogen-bond acceptors (Lipinski definition) is 4. The maximum atomic E-state index is 11.7. The van der Waals surface area contributed by atoms with Gasteiger partial charge in [0.15, 0.2) is 11.9 Å². The number of hydrazine groups is 1. The number of carbonyl (C=O) groups is 2. The zero-order valence-electron chi connectivity index (χ0n) is 10.2.